The van der Waals surface area contributed by atoms with E-state index in [-0.39, 0.29) is 11.8 Å². The van der Waals surface area contributed by atoms with Crippen molar-refractivity contribution in [2.45, 2.75) is 44.4 Å². The normalized spacial score (nSPS) is 20.9. The Hall–Kier alpha value is -1.73. The van der Waals surface area contributed by atoms with Gasteiger partial charge in [0.25, 0.3) is 5.91 Å². The zero-order valence-electron chi connectivity index (χ0n) is 14.9. The van der Waals surface area contributed by atoms with Gasteiger partial charge < -0.3 is 14.2 Å². The van der Waals surface area contributed by atoms with E-state index in [0.29, 0.717) is 31.3 Å². The molecule has 1 atom stereocenters. The summed E-state index contributed by atoms with van der Waals surface area (Å²) in [5, 5.41) is 6.01. The number of carbonyl (C=O) groups is 1. The molecule has 0 spiro atoms. The Balaban J connectivity index is 1.23. The van der Waals surface area contributed by atoms with Crippen molar-refractivity contribution in [1.82, 2.24) is 15.0 Å². The van der Waals surface area contributed by atoms with Crippen molar-refractivity contribution >= 4 is 17.2 Å². The minimum absolute atomic E-state index is 0.0996. The highest BCUT2D eigenvalue weighted by atomic mass is 32.1. The van der Waals surface area contributed by atoms with Crippen molar-refractivity contribution in [2.75, 3.05) is 26.3 Å². The van der Waals surface area contributed by atoms with Gasteiger partial charge in [-0.2, -0.15) is 4.98 Å². The van der Waals surface area contributed by atoms with Gasteiger partial charge in [-0.05, 0) is 36.6 Å². The summed E-state index contributed by atoms with van der Waals surface area (Å²) in [6.45, 7) is 2.89. The molecule has 2 aromatic heterocycles. The Morgan fingerprint density at radius 1 is 1.35 bits per heavy atom. The maximum atomic E-state index is 12.4. The predicted octanol–water partition coefficient (Wildman–Crippen LogP) is 3.51. The van der Waals surface area contributed by atoms with Gasteiger partial charge >= 0.3 is 0 Å². The number of amides is 1. The van der Waals surface area contributed by atoms with Crippen LogP contribution in [-0.2, 0) is 11.2 Å². The average molecular weight is 375 g/mol. The standard InChI is InChI=1S/C19H25N3O3S/c23-19(16-6-3-11-26-16)22-9-7-15(12-22)18-20-17(21-25-18)8-10-24-13-14-4-1-2-5-14/h3,6,11,14-15H,1-2,4-5,7-10,12-13H2. The molecular weight excluding hydrogens is 350 g/mol. The molecule has 1 aliphatic carbocycles. The summed E-state index contributed by atoms with van der Waals surface area (Å²) < 4.78 is 11.2. The van der Waals surface area contributed by atoms with Crippen LogP contribution in [0.4, 0.5) is 0 Å². The molecular formula is C19H25N3O3S. The SMILES string of the molecule is O=C(c1cccs1)N1CCC(c2nc(CCOCC3CCCC3)no2)C1. The second-order valence-corrected chi connectivity index (χ2v) is 8.19. The van der Waals surface area contributed by atoms with Gasteiger partial charge in [-0.15, -0.1) is 11.3 Å². The average Bonchev–Trinajstić information content (AvgIpc) is 3.45. The fraction of sp³-hybridized carbons (Fsp3) is 0.632. The van der Waals surface area contributed by atoms with Gasteiger partial charge in [-0.1, -0.05) is 24.1 Å². The van der Waals surface area contributed by atoms with Crippen LogP contribution in [0.3, 0.4) is 0 Å². The second-order valence-electron chi connectivity index (χ2n) is 7.24. The highest BCUT2D eigenvalue weighted by Gasteiger charge is 2.31. The summed E-state index contributed by atoms with van der Waals surface area (Å²) in [5.41, 5.74) is 0. The molecule has 0 bridgehead atoms. The number of hydrogen-bond acceptors (Lipinski definition) is 6. The van der Waals surface area contributed by atoms with Gasteiger partial charge in [0.1, 0.15) is 0 Å². The Morgan fingerprint density at radius 2 is 2.23 bits per heavy atom. The molecule has 26 heavy (non-hydrogen) atoms. The third-order valence-electron chi connectivity index (χ3n) is 5.34. The van der Waals surface area contributed by atoms with E-state index in [1.165, 1.54) is 37.0 Å². The number of rotatable bonds is 7. The van der Waals surface area contributed by atoms with Crippen LogP contribution in [0.25, 0.3) is 0 Å². The van der Waals surface area contributed by atoms with Gasteiger partial charge in [-0.25, -0.2) is 0 Å². The summed E-state index contributed by atoms with van der Waals surface area (Å²) in [7, 11) is 0. The Morgan fingerprint density at radius 3 is 3.04 bits per heavy atom. The highest BCUT2D eigenvalue weighted by molar-refractivity contribution is 7.12. The lowest BCUT2D eigenvalue weighted by atomic mass is 10.1. The van der Waals surface area contributed by atoms with Crippen molar-refractivity contribution in [3.05, 3.63) is 34.1 Å². The third-order valence-corrected chi connectivity index (χ3v) is 6.20. The van der Waals surface area contributed by atoms with E-state index < -0.39 is 0 Å². The van der Waals surface area contributed by atoms with Crippen LogP contribution < -0.4 is 0 Å². The molecule has 1 amide bonds. The summed E-state index contributed by atoms with van der Waals surface area (Å²) in [5.74, 6) is 2.33. The number of hydrogen-bond donors (Lipinski definition) is 0. The van der Waals surface area contributed by atoms with Crippen molar-refractivity contribution in [3.63, 3.8) is 0 Å². The number of aromatic nitrogens is 2. The van der Waals surface area contributed by atoms with Crippen LogP contribution >= 0.6 is 11.3 Å². The van der Waals surface area contributed by atoms with Crippen LogP contribution in [-0.4, -0.2) is 47.3 Å². The Bertz CT molecular complexity index is 709. The molecule has 7 heteroatoms. The second kappa shape index (κ2) is 8.31. The molecule has 2 aliphatic rings. The molecule has 1 saturated heterocycles. The summed E-state index contributed by atoms with van der Waals surface area (Å²) in [4.78, 5) is 19.6. The quantitative estimate of drug-likeness (QED) is 0.693. The van der Waals surface area contributed by atoms with E-state index in [9.17, 15) is 4.79 Å². The fourth-order valence-corrected chi connectivity index (χ4v) is 4.52. The first-order chi connectivity index (χ1) is 12.8. The molecule has 2 aromatic rings. The molecule has 6 nitrogen and oxygen atoms in total. The van der Waals surface area contributed by atoms with E-state index in [4.69, 9.17) is 9.26 Å². The van der Waals surface area contributed by atoms with Gasteiger partial charge in [0.2, 0.25) is 5.89 Å². The first-order valence-corrected chi connectivity index (χ1v) is 10.4. The van der Waals surface area contributed by atoms with Crippen molar-refractivity contribution in [2.24, 2.45) is 5.92 Å². The zero-order valence-corrected chi connectivity index (χ0v) is 15.7. The molecule has 1 saturated carbocycles. The fourth-order valence-electron chi connectivity index (χ4n) is 3.83. The molecule has 1 aliphatic heterocycles. The lowest BCUT2D eigenvalue weighted by molar-refractivity contribution is 0.0794. The van der Waals surface area contributed by atoms with Gasteiger partial charge in [0.15, 0.2) is 5.82 Å². The summed E-state index contributed by atoms with van der Waals surface area (Å²) in [6, 6.07) is 3.78. The minimum Gasteiger partial charge on any atom is -0.381 e. The maximum Gasteiger partial charge on any atom is 0.263 e. The van der Waals surface area contributed by atoms with Gasteiger partial charge in [-0.3, -0.25) is 4.79 Å². The topological polar surface area (TPSA) is 68.5 Å². The number of likely N-dealkylation sites (tertiary alicyclic amines) is 1. The number of thiophene rings is 1. The van der Waals surface area contributed by atoms with Crippen LogP contribution in [0.1, 0.15) is 59.4 Å². The molecule has 0 N–H and O–H groups in total. The van der Waals surface area contributed by atoms with E-state index in [0.717, 1.165) is 30.4 Å². The number of ether oxygens (including phenoxy) is 1. The van der Waals surface area contributed by atoms with Crippen LogP contribution in [0.2, 0.25) is 0 Å². The molecule has 0 aromatic carbocycles. The van der Waals surface area contributed by atoms with Crippen molar-refractivity contribution in [3.8, 4) is 0 Å². The number of carbonyl (C=O) groups excluding carboxylic acids is 1. The molecule has 4 rings (SSSR count). The van der Waals surface area contributed by atoms with Crippen LogP contribution in [0.5, 0.6) is 0 Å². The zero-order chi connectivity index (χ0) is 17.8. The van der Waals surface area contributed by atoms with E-state index in [1.807, 2.05) is 22.4 Å². The first kappa shape index (κ1) is 17.7. The lowest BCUT2D eigenvalue weighted by Crippen LogP contribution is -2.27. The van der Waals surface area contributed by atoms with Crippen LogP contribution in [0, 0.1) is 5.92 Å². The van der Waals surface area contributed by atoms with Crippen molar-refractivity contribution < 1.29 is 14.1 Å². The predicted molar refractivity (Wildman–Crippen MR) is 98.4 cm³/mol. The highest BCUT2D eigenvalue weighted by Crippen LogP contribution is 2.28. The van der Waals surface area contributed by atoms with E-state index >= 15 is 0 Å². The Labute approximate surface area is 157 Å². The van der Waals surface area contributed by atoms with Gasteiger partial charge in [0.05, 0.1) is 17.4 Å². The summed E-state index contributed by atoms with van der Waals surface area (Å²) in [6.07, 6.45) is 6.84. The molecule has 2 fully saturated rings. The third kappa shape index (κ3) is 4.15. The summed E-state index contributed by atoms with van der Waals surface area (Å²) >= 11 is 1.48. The molecule has 1 unspecified atom stereocenters. The molecule has 0 radical (unpaired) electrons. The number of nitrogens with zero attached hydrogens (tertiary/aromatic N) is 3. The van der Waals surface area contributed by atoms with E-state index in [1.54, 1.807) is 0 Å². The largest absolute Gasteiger partial charge is 0.381 e. The van der Waals surface area contributed by atoms with Crippen LogP contribution in [0.15, 0.2) is 22.0 Å². The Kier molecular flexibility index (Phi) is 5.65. The van der Waals surface area contributed by atoms with Gasteiger partial charge in [0, 0.05) is 26.1 Å². The maximum absolute atomic E-state index is 12.4. The van der Waals surface area contributed by atoms with Crippen molar-refractivity contribution in [1.29, 1.82) is 0 Å². The first-order valence-electron chi connectivity index (χ1n) is 9.52. The smallest absolute Gasteiger partial charge is 0.263 e. The monoisotopic (exact) mass is 375 g/mol. The van der Waals surface area contributed by atoms with E-state index in [2.05, 4.69) is 10.1 Å². The minimum atomic E-state index is 0.0996. The molecule has 3 heterocycles. The molecule has 140 valence electrons. The lowest BCUT2D eigenvalue weighted by Gasteiger charge is -2.14.